The van der Waals surface area contributed by atoms with E-state index in [1.54, 1.807) is 0 Å². The summed E-state index contributed by atoms with van der Waals surface area (Å²) < 4.78 is 5.38. The molecule has 7 nitrogen and oxygen atoms in total. The predicted octanol–water partition coefficient (Wildman–Crippen LogP) is 2.64. The second kappa shape index (κ2) is 10.7. The number of rotatable bonds is 6. The van der Waals surface area contributed by atoms with Crippen LogP contribution >= 0.6 is 0 Å². The van der Waals surface area contributed by atoms with E-state index >= 15 is 0 Å². The van der Waals surface area contributed by atoms with Crippen LogP contribution in [0.15, 0.2) is 35.5 Å². The van der Waals surface area contributed by atoms with Crippen molar-refractivity contribution in [1.82, 2.24) is 20.1 Å². The molecule has 0 radical (unpaired) electrons. The van der Waals surface area contributed by atoms with Crippen molar-refractivity contribution < 1.29 is 9.53 Å². The van der Waals surface area contributed by atoms with Crippen LogP contribution in [0.2, 0.25) is 0 Å². The molecule has 4 rings (SSSR count). The van der Waals surface area contributed by atoms with Gasteiger partial charge in [-0.2, -0.15) is 0 Å². The molecule has 2 aliphatic heterocycles. The molecule has 3 heterocycles. The minimum absolute atomic E-state index is 0.138. The number of H-pyrrole nitrogens is 1. The SMILES string of the molecule is CCNC(=NCCCc1c[nH]c2ccccc12)N1CCC(C(=O)N2CCOCC2)CC1. The lowest BCUT2D eigenvalue weighted by atomic mass is 9.95. The molecule has 1 aromatic carbocycles. The van der Waals surface area contributed by atoms with Crippen molar-refractivity contribution >= 4 is 22.8 Å². The fourth-order valence-electron chi connectivity index (χ4n) is 4.60. The summed E-state index contributed by atoms with van der Waals surface area (Å²) in [6, 6.07) is 8.45. The number of aromatic amines is 1. The Hall–Kier alpha value is -2.54. The Balaban J connectivity index is 1.27. The maximum Gasteiger partial charge on any atom is 0.225 e. The number of aromatic nitrogens is 1. The number of piperidine rings is 1. The molecule has 2 N–H and O–H groups in total. The van der Waals surface area contributed by atoms with Gasteiger partial charge in [0.1, 0.15) is 0 Å². The van der Waals surface area contributed by atoms with Gasteiger partial charge in [-0.1, -0.05) is 18.2 Å². The molecule has 0 aliphatic carbocycles. The van der Waals surface area contributed by atoms with Gasteiger partial charge < -0.3 is 24.8 Å². The van der Waals surface area contributed by atoms with Gasteiger partial charge in [-0.25, -0.2) is 0 Å². The smallest absolute Gasteiger partial charge is 0.225 e. The maximum absolute atomic E-state index is 12.8. The van der Waals surface area contributed by atoms with Crippen LogP contribution < -0.4 is 5.32 Å². The Bertz CT molecular complexity index is 879. The summed E-state index contributed by atoms with van der Waals surface area (Å²) in [5.74, 6) is 1.43. The fourth-order valence-corrected chi connectivity index (χ4v) is 4.60. The van der Waals surface area contributed by atoms with Crippen LogP contribution in [0.25, 0.3) is 10.9 Å². The summed E-state index contributed by atoms with van der Waals surface area (Å²) in [6.45, 7) is 8.34. The Kier molecular flexibility index (Phi) is 7.46. The number of hydrogen-bond acceptors (Lipinski definition) is 3. The van der Waals surface area contributed by atoms with E-state index in [1.165, 1.54) is 16.5 Å². The van der Waals surface area contributed by atoms with E-state index in [2.05, 4.69) is 52.6 Å². The molecule has 2 saturated heterocycles. The zero-order valence-corrected chi connectivity index (χ0v) is 18.6. The largest absolute Gasteiger partial charge is 0.378 e. The van der Waals surface area contributed by atoms with E-state index in [4.69, 9.17) is 9.73 Å². The Morgan fingerprint density at radius 1 is 1.16 bits per heavy atom. The number of aryl methyl sites for hydroxylation is 1. The molecule has 0 atom stereocenters. The van der Waals surface area contributed by atoms with Crippen molar-refractivity contribution in [3.8, 4) is 0 Å². The number of morpholine rings is 1. The number of carbonyl (C=O) groups excluding carboxylic acids is 1. The molecule has 1 aromatic heterocycles. The molecule has 7 heteroatoms. The van der Waals surface area contributed by atoms with Crippen molar-refractivity contribution in [2.24, 2.45) is 10.9 Å². The highest BCUT2D eigenvalue weighted by Crippen LogP contribution is 2.21. The second-order valence-corrected chi connectivity index (χ2v) is 8.40. The van der Waals surface area contributed by atoms with Crippen molar-refractivity contribution in [2.75, 3.05) is 52.5 Å². The first kappa shape index (κ1) is 21.7. The Morgan fingerprint density at radius 2 is 1.94 bits per heavy atom. The summed E-state index contributed by atoms with van der Waals surface area (Å²) in [6.07, 6.45) is 5.95. The number of hydrogen-bond donors (Lipinski definition) is 2. The number of amides is 1. The number of benzene rings is 1. The van der Waals surface area contributed by atoms with E-state index < -0.39 is 0 Å². The molecule has 168 valence electrons. The fraction of sp³-hybridized carbons (Fsp3) is 0.583. The molecular weight excluding hydrogens is 390 g/mol. The normalized spacial score (nSPS) is 18.5. The van der Waals surface area contributed by atoms with E-state index in [1.807, 2.05) is 4.90 Å². The van der Waals surface area contributed by atoms with Crippen molar-refractivity contribution in [2.45, 2.75) is 32.6 Å². The standard InChI is InChI=1S/C24H35N5O2/c1-2-25-24(26-11-5-6-20-18-27-22-8-4-3-7-21(20)22)29-12-9-19(10-13-29)23(30)28-14-16-31-17-15-28/h3-4,7-8,18-19,27H,2,5-6,9-17H2,1H3,(H,25,26). The predicted molar refractivity (Wildman–Crippen MR) is 124 cm³/mol. The van der Waals surface area contributed by atoms with Crippen LogP contribution in [0.5, 0.6) is 0 Å². The highest BCUT2D eigenvalue weighted by molar-refractivity contribution is 5.83. The summed E-state index contributed by atoms with van der Waals surface area (Å²) in [5, 5.41) is 4.75. The first-order valence-electron chi connectivity index (χ1n) is 11.7. The molecule has 2 aliphatic rings. The summed E-state index contributed by atoms with van der Waals surface area (Å²) in [5.41, 5.74) is 2.56. The number of carbonyl (C=O) groups is 1. The zero-order chi connectivity index (χ0) is 21.5. The number of nitrogens with zero attached hydrogens (tertiary/aromatic N) is 3. The number of aliphatic imine (C=N–C) groups is 1. The van der Waals surface area contributed by atoms with Crippen LogP contribution in [-0.2, 0) is 16.0 Å². The van der Waals surface area contributed by atoms with Gasteiger partial charge in [0.05, 0.1) is 13.2 Å². The Morgan fingerprint density at radius 3 is 2.71 bits per heavy atom. The molecular formula is C24H35N5O2. The number of ether oxygens (including phenoxy) is 1. The second-order valence-electron chi connectivity index (χ2n) is 8.40. The molecule has 2 aromatic rings. The minimum atomic E-state index is 0.138. The third-order valence-corrected chi connectivity index (χ3v) is 6.34. The van der Waals surface area contributed by atoms with E-state index in [9.17, 15) is 4.79 Å². The van der Waals surface area contributed by atoms with Gasteiger partial charge in [0.2, 0.25) is 5.91 Å². The van der Waals surface area contributed by atoms with Crippen LogP contribution in [0.4, 0.5) is 0 Å². The van der Waals surface area contributed by atoms with E-state index in [0.29, 0.717) is 19.1 Å². The monoisotopic (exact) mass is 425 g/mol. The highest BCUT2D eigenvalue weighted by atomic mass is 16.5. The topological polar surface area (TPSA) is 73.0 Å². The van der Waals surface area contributed by atoms with Gasteiger partial charge in [-0.3, -0.25) is 9.79 Å². The van der Waals surface area contributed by atoms with Crippen LogP contribution in [0.3, 0.4) is 0 Å². The van der Waals surface area contributed by atoms with E-state index in [0.717, 1.165) is 70.9 Å². The molecule has 0 spiro atoms. The average molecular weight is 426 g/mol. The number of guanidine groups is 1. The van der Waals surface area contributed by atoms with Gasteiger partial charge in [-0.05, 0) is 44.2 Å². The zero-order valence-electron chi connectivity index (χ0n) is 18.6. The van der Waals surface area contributed by atoms with Crippen LogP contribution in [0, 0.1) is 5.92 Å². The Labute approximate surface area is 184 Å². The van der Waals surface area contributed by atoms with E-state index in [-0.39, 0.29) is 5.92 Å². The lowest BCUT2D eigenvalue weighted by molar-refractivity contribution is -0.140. The quantitative estimate of drug-likeness (QED) is 0.424. The van der Waals surface area contributed by atoms with Crippen molar-refractivity contribution in [3.05, 3.63) is 36.0 Å². The van der Waals surface area contributed by atoms with Gasteiger partial charge >= 0.3 is 0 Å². The number of fused-ring (bicyclic) bond motifs is 1. The maximum atomic E-state index is 12.8. The number of nitrogens with one attached hydrogen (secondary N) is 2. The van der Waals surface area contributed by atoms with Gasteiger partial charge in [-0.15, -0.1) is 0 Å². The number of likely N-dealkylation sites (tertiary alicyclic amines) is 1. The number of para-hydroxylation sites is 1. The van der Waals surface area contributed by atoms with Crippen LogP contribution in [0.1, 0.15) is 31.7 Å². The van der Waals surface area contributed by atoms with Crippen LogP contribution in [-0.4, -0.2) is 79.1 Å². The van der Waals surface area contributed by atoms with Gasteiger partial charge in [0.25, 0.3) is 0 Å². The minimum Gasteiger partial charge on any atom is -0.378 e. The lowest BCUT2D eigenvalue weighted by Crippen LogP contribution is -2.50. The molecule has 0 bridgehead atoms. The van der Waals surface area contributed by atoms with Crippen molar-refractivity contribution in [1.29, 1.82) is 0 Å². The first-order valence-corrected chi connectivity index (χ1v) is 11.7. The third-order valence-electron chi connectivity index (χ3n) is 6.34. The lowest BCUT2D eigenvalue weighted by Gasteiger charge is -2.36. The molecule has 1 amide bonds. The molecule has 31 heavy (non-hydrogen) atoms. The molecule has 0 saturated carbocycles. The molecule has 0 unspecified atom stereocenters. The first-order chi connectivity index (χ1) is 15.3. The van der Waals surface area contributed by atoms with Gasteiger partial charge in [0.15, 0.2) is 5.96 Å². The van der Waals surface area contributed by atoms with Gasteiger partial charge in [0, 0.05) is 62.3 Å². The molecule has 2 fully saturated rings. The third kappa shape index (κ3) is 5.39. The summed E-state index contributed by atoms with van der Waals surface area (Å²) in [4.78, 5) is 25.3. The summed E-state index contributed by atoms with van der Waals surface area (Å²) >= 11 is 0. The average Bonchev–Trinajstić information content (AvgIpc) is 3.24. The summed E-state index contributed by atoms with van der Waals surface area (Å²) in [7, 11) is 0. The van der Waals surface area contributed by atoms with Crippen molar-refractivity contribution in [3.63, 3.8) is 0 Å². The highest BCUT2D eigenvalue weighted by Gasteiger charge is 2.30.